The molecular formula is C18H17N3O4. The maximum Gasteiger partial charge on any atom is 0.270 e. The third kappa shape index (κ3) is 4.07. The molecule has 128 valence electrons. The number of non-ortho nitro benzene ring substituents is 1. The first-order chi connectivity index (χ1) is 12.1. The minimum absolute atomic E-state index is 0.00151. The molecule has 3 rings (SSSR count). The van der Waals surface area contributed by atoms with Gasteiger partial charge in [0.25, 0.3) is 11.6 Å². The lowest BCUT2D eigenvalue weighted by molar-refractivity contribution is -0.384. The van der Waals surface area contributed by atoms with Gasteiger partial charge in [-0.3, -0.25) is 19.9 Å². The highest BCUT2D eigenvalue weighted by molar-refractivity contribution is 6.00. The fourth-order valence-corrected chi connectivity index (χ4v) is 2.57. The van der Waals surface area contributed by atoms with Crippen molar-refractivity contribution in [3.05, 3.63) is 69.8 Å². The van der Waals surface area contributed by atoms with E-state index in [1.807, 2.05) is 0 Å². The van der Waals surface area contributed by atoms with E-state index in [2.05, 4.69) is 4.99 Å². The molecule has 0 bridgehead atoms. The molecule has 0 aromatic heterocycles. The van der Waals surface area contributed by atoms with Crippen LogP contribution >= 0.6 is 0 Å². The highest BCUT2D eigenvalue weighted by atomic mass is 16.6. The van der Waals surface area contributed by atoms with Crippen molar-refractivity contribution in [1.29, 1.82) is 0 Å². The van der Waals surface area contributed by atoms with E-state index in [-0.39, 0.29) is 11.6 Å². The average Bonchev–Trinajstić information content (AvgIpc) is 2.67. The zero-order valence-electron chi connectivity index (χ0n) is 13.5. The lowest BCUT2D eigenvalue weighted by atomic mass is 10.1. The first-order valence-corrected chi connectivity index (χ1v) is 7.90. The van der Waals surface area contributed by atoms with Crippen LogP contribution in [-0.4, -0.2) is 48.2 Å². The lowest BCUT2D eigenvalue weighted by Gasteiger charge is -2.27. The van der Waals surface area contributed by atoms with Crippen molar-refractivity contribution in [1.82, 2.24) is 4.90 Å². The summed E-state index contributed by atoms with van der Waals surface area (Å²) < 4.78 is 5.27. The van der Waals surface area contributed by atoms with E-state index in [1.54, 1.807) is 41.3 Å². The van der Waals surface area contributed by atoms with Crippen LogP contribution in [0.5, 0.6) is 0 Å². The molecule has 1 saturated heterocycles. The molecule has 0 unspecified atom stereocenters. The number of ether oxygens (including phenoxy) is 1. The van der Waals surface area contributed by atoms with Gasteiger partial charge in [-0.2, -0.15) is 0 Å². The summed E-state index contributed by atoms with van der Waals surface area (Å²) in [5.41, 5.74) is 1.64. The summed E-state index contributed by atoms with van der Waals surface area (Å²) in [5.74, 6) is -0.0879. The second-order valence-corrected chi connectivity index (χ2v) is 5.53. The van der Waals surface area contributed by atoms with Crippen LogP contribution in [0.4, 0.5) is 11.4 Å². The minimum Gasteiger partial charge on any atom is -0.378 e. The second kappa shape index (κ2) is 7.67. The first-order valence-electron chi connectivity index (χ1n) is 7.90. The highest BCUT2D eigenvalue weighted by Gasteiger charge is 2.20. The van der Waals surface area contributed by atoms with Crippen LogP contribution in [0.25, 0.3) is 0 Å². The second-order valence-electron chi connectivity index (χ2n) is 5.53. The molecule has 0 radical (unpaired) electrons. The zero-order valence-corrected chi connectivity index (χ0v) is 13.5. The fourth-order valence-electron chi connectivity index (χ4n) is 2.57. The third-order valence-electron chi connectivity index (χ3n) is 3.87. The van der Waals surface area contributed by atoms with Gasteiger partial charge in [0, 0.05) is 31.4 Å². The van der Waals surface area contributed by atoms with Crippen LogP contribution in [0, 0.1) is 10.1 Å². The molecule has 0 spiro atoms. The van der Waals surface area contributed by atoms with Crippen LogP contribution in [0.3, 0.4) is 0 Å². The van der Waals surface area contributed by atoms with Crippen molar-refractivity contribution in [2.45, 2.75) is 0 Å². The largest absolute Gasteiger partial charge is 0.378 e. The summed E-state index contributed by atoms with van der Waals surface area (Å²) in [5, 5.41) is 10.8. The van der Waals surface area contributed by atoms with Crippen molar-refractivity contribution >= 4 is 23.5 Å². The predicted molar refractivity (Wildman–Crippen MR) is 93.5 cm³/mol. The maximum atomic E-state index is 12.7. The van der Waals surface area contributed by atoms with Crippen molar-refractivity contribution in [2.75, 3.05) is 26.3 Å². The van der Waals surface area contributed by atoms with Gasteiger partial charge in [0.1, 0.15) is 0 Å². The van der Waals surface area contributed by atoms with Crippen molar-refractivity contribution in [2.24, 2.45) is 4.99 Å². The van der Waals surface area contributed by atoms with Gasteiger partial charge in [-0.25, -0.2) is 0 Å². The summed E-state index contributed by atoms with van der Waals surface area (Å²) >= 11 is 0. The SMILES string of the molecule is O=C(c1ccccc1N=Cc1cccc([N+](=O)[O-])c1)N1CCOCC1. The molecule has 7 heteroatoms. The zero-order chi connectivity index (χ0) is 17.6. The Labute approximate surface area is 144 Å². The van der Waals surface area contributed by atoms with Crippen molar-refractivity contribution in [3.8, 4) is 0 Å². The topological polar surface area (TPSA) is 85.0 Å². The summed E-state index contributed by atoms with van der Waals surface area (Å²) in [4.78, 5) is 29.2. The Kier molecular flexibility index (Phi) is 5.15. The van der Waals surface area contributed by atoms with E-state index < -0.39 is 4.92 Å². The van der Waals surface area contributed by atoms with Crippen molar-refractivity contribution < 1.29 is 14.5 Å². The fraction of sp³-hybridized carbons (Fsp3) is 0.222. The minimum atomic E-state index is -0.451. The van der Waals surface area contributed by atoms with E-state index in [0.717, 1.165) is 0 Å². The number of benzene rings is 2. The molecule has 0 saturated carbocycles. The van der Waals surface area contributed by atoms with Crippen LogP contribution in [0.15, 0.2) is 53.5 Å². The number of hydrogen-bond donors (Lipinski definition) is 0. The highest BCUT2D eigenvalue weighted by Crippen LogP contribution is 2.21. The standard InChI is InChI=1S/C18H17N3O4/c22-18(20-8-10-25-11-9-20)16-6-1-2-7-17(16)19-13-14-4-3-5-15(12-14)21(23)24/h1-7,12-13H,8-11H2. The van der Waals surface area contributed by atoms with Gasteiger partial charge in [-0.05, 0) is 17.7 Å². The molecule has 1 aliphatic rings. The van der Waals surface area contributed by atoms with Crippen LogP contribution in [-0.2, 0) is 4.74 Å². The average molecular weight is 339 g/mol. The molecule has 2 aromatic carbocycles. The van der Waals surface area contributed by atoms with E-state index in [4.69, 9.17) is 4.74 Å². The molecule has 7 nitrogen and oxygen atoms in total. The van der Waals surface area contributed by atoms with Crippen LogP contribution in [0.1, 0.15) is 15.9 Å². The number of rotatable bonds is 4. The van der Waals surface area contributed by atoms with E-state index in [0.29, 0.717) is 43.1 Å². The molecular weight excluding hydrogens is 322 g/mol. The molecule has 0 N–H and O–H groups in total. The number of hydrogen-bond acceptors (Lipinski definition) is 5. The Hall–Kier alpha value is -3.06. The Balaban J connectivity index is 1.84. The number of carbonyl (C=O) groups excluding carboxylic acids is 1. The predicted octanol–water partition coefficient (Wildman–Crippen LogP) is 2.82. The lowest BCUT2D eigenvalue weighted by Crippen LogP contribution is -2.40. The van der Waals surface area contributed by atoms with Gasteiger partial charge in [0.05, 0.1) is 29.4 Å². The van der Waals surface area contributed by atoms with Gasteiger partial charge in [-0.1, -0.05) is 24.3 Å². The number of nitro groups is 1. The number of para-hydroxylation sites is 1. The Morgan fingerprint density at radius 1 is 1.16 bits per heavy atom. The molecule has 2 aromatic rings. The summed E-state index contributed by atoms with van der Waals surface area (Å²) in [6, 6.07) is 13.3. The molecule has 0 aliphatic carbocycles. The van der Waals surface area contributed by atoms with Crippen LogP contribution < -0.4 is 0 Å². The Bertz CT molecular complexity index is 813. The number of nitrogens with zero attached hydrogens (tertiary/aromatic N) is 3. The van der Waals surface area contributed by atoms with Gasteiger partial charge in [0.15, 0.2) is 0 Å². The number of carbonyl (C=O) groups is 1. The van der Waals surface area contributed by atoms with E-state index >= 15 is 0 Å². The maximum absolute atomic E-state index is 12.7. The number of amides is 1. The Morgan fingerprint density at radius 2 is 1.92 bits per heavy atom. The van der Waals surface area contributed by atoms with E-state index in [1.165, 1.54) is 18.3 Å². The van der Waals surface area contributed by atoms with Gasteiger partial charge >= 0.3 is 0 Å². The molecule has 0 atom stereocenters. The van der Waals surface area contributed by atoms with Gasteiger partial charge in [0.2, 0.25) is 0 Å². The smallest absolute Gasteiger partial charge is 0.270 e. The number of morpholine rings is 1. The van der Waals surface area contributed by atoms with Crippen LogP contribution in [0.2, 0.25) is 0 Å². The number of nitro benzene ring substituents is 1. The third-order valence-corrected chi connectivity index (χ3v) is 3.87. The number of aliphatic imine (C=N–C) groups is 1. The molecule has 1 heterocycles. The summed E-state index contributed by atoms with van der Waals surface area (Å²) in [6.07, 6.45) is 1.53. The van der Waals surface area contributed by atoms with Gasteiger partial charge in [-0.15, -0.1) is 0 Å². The van der Waals surface area contributed by atoms with Crippen molar-refractivity contribution in [3.63, 3.8) is 0 Å². The molecule has 25 heavy (non-hydrogen) atoms. The molecule has 1 fully saturated rings. The van der Waals surface area contributed by atoms with Gasteiger partial charge < -0.3 is 9.64 Å². The molecule has 1 amide bonds. The first kappa shape index (κ1) is 16.8. The summed E-state index contributed by atoms with van der Waals surface area (Å²) in [7, 11) is 0. The monoisotopic (exact) mass is 339 g/mol. The van der Waals surface area contributed by atoms with E-state index in [9.17, 15) is 14.9 Å². The molecule has 1 aliphatic heterocycles. The summed E-state index contributed by atoms with van der Waals surface area (Å²) in [6.45, 7) is 2.18. The quantitative estimate of drug-likeness (QED) is 0.487. The normalized spacial score (nSPS) is 14.6. The Morgan fingerprint density at radius 3 is 2.68 bits per heavy atom.